The van der Waals surface area contributed by atoms with Crippen LogP contribution in [0.15, 0.2) is 33.9 Å². The molecule has 12 heteroatoms. The first kappa shape index (κ1) is 23.4. The lowest BCUT2D eigenvalue weighted by Gasteiger charge is -2.31. The van der Waals surface area contributed by atoms with Gasteiger partial charge in [-0.1, -0.05) is 5.92 Å². The van der Waals surface area contributed by atoms with Crippen LogP contribution >= 0.6 is 0 Å². The van der Waals surface area contributed by atoms with Crippen molar-refractivity contribution in [1.29, 1.82) is 0 Å². The van der Waals surface area contributed by atoms with Gasteiger partial charge in [0.15, 0.2) is 11.2 Å². The number of nitrogens with zero attached hydrogens (tertiary/aromatic N) is 6. The smallest absolute Gasteiger partial charge is 0.332 e. The average molecular weight is 491 g/mol. The summed E-state index contributed by atoms with van der Waals surface area (Å²) >= 11 is 0. The Balaban J connectivity index is 1.65. The fourth-order valence-corrected chi connectivity index (χ4v) is 4.79. The minimum atomic E-state index is -0.509. The van der Waals surface area contributed by atoms with Crippen molar-refractivity contribution in [3.63, 3.8) is 0 Å². The maximum Gasteiger partial charge on any atom is 0.332 e. The van der Waals surface area contributed by atoms with Crippen molar-refractivity contribution in [2.75, 3.05) is 18.0 Å². The van der Waals surface area contributed by atoms with E-state index in [0.717, 1.165) is 24.0 Å². The summed E-state index contributed by atoms with van der Waals surface area (Å²) in [6.07, 6.45) is 1.83. The van der Waals surface area contributed by atoms with E-state index in [4.69, 9.17) is 10.7 Å². The number of nitrogens with two attached hydrogens (primary N) is 1. The Kier molecular flexibility index (Phi) is 5.85. The fourth-order valence-electron chi connectivity index (χ4n) is 4.79. The maximum atomic E-state index is 13.7. The van der Waals surface area contributed by atoms with Gasteiger partial charge in [0.25, 0.3) is 11.2 Å². The predicted octanol–water partition coefficient (Wildman–Crippen LogP) is 1.29. The minimum absolute atomic E-state index is 0.00239. The lowest BCUT2D eigenvalue weighted by Crippen LogP contribution is -2.44. The van der Waals surface area contributed by atoms with Crippen molar-refractivity contribution in [3.05, 3.63) is 60.9 Å². The van der Waals surface area contributed by atoms with Crippen LogP contribution in [-0.4, -0.2) is 47.7 Å². The van der Waals surface area contributed by atoms with Gasteiger partial charge in [0.2, 0.25) is 5.95 Å². The SMILES string of the molecule is CC#CCn1c(N2CCCC(N)C2)nc2c1c(=O)n(Cc1cc3cc([N+](=O)[O-])ccc3[nH]1)c(=O)n2C. The summed E-state index contributed by atoms with van der Waals surface area (Å²) in [6, 6.07) is 6.17. The van der Waals surface area contributed by atoms with Crippen LogP contribution in [0.2, 0.25) is 0 Å². The van der Waals surface area contributed by atoms with Crippen LogP contribution in [0.25, 0.3) is 22.1 Å². The Morgan fingerprint density at radius 1 is 1.28 bits per heavy atom. The van der Waals surface area contributed by atoms with Crippen molar-refractivity contribution in [2.24, 2.45) is 12.8 Å². The van der Waals surface area contributed by atoms with Gasteiger partial charge >= 0.3 is 5.69 Å². The van der Waals surface area contributed by atoms with Crippen LogP contribution in [-0.2, 0) is 20.1 Å². The van der Waals surface area contributed by atoms with Gasteiger partial charge in [-0.25, -0.2) is 4.79 Å². The van der Waals surface area contributed by atoms with E-state index < -0.39 is 16.2 Å². The molecule has 3 aromatic heterocycles. The predicted molar refractivity (Wildman–Crippen MR) is 136 cm³/mol. The van der Waals surface area contributed by atoms with Crippen LogP contribution in [0.1, 0.15) is 25.5 Å². The number of nitro benzene ring substituents is 1. The standard InChI is InChI=1S/C24H26N8O4/c1-3-4-10-30-20-21(27-23(30)29-9-5-6-16(25)13-29)28(2)24(34)31(22(20)33)14-17-11-15-12-18(32(35)36)7-8-19(15)26-17/h7-8,11-12,16,26H,5-6,9-10,13-14,25H2,1-2H3. The minimum Gasteiger partial charge on any atom is -0.357 e. The Morgan fingerprint density at radius 2 is 2.08 bits per heavy atom. The summed E-state index contributed by atoms with van der Waals surface area (Å²) in [5.74, 6) is 6.45. The molecule has 0 saturated carbocycles. The molecule has 1 aliphatic heterocycles. The highest BCUT2D eigenvalue weighted by molar-refractivity contribution is 5.82. The summed E-state index contributed by atoms with van der Waals surface area (Å²) in [5, 5.41) is 11.7. The van der Waals surface area contributed by atoms with Crippen molar-refractivity contribution in [2.45, 2.75) is 38.9 Å². The second-order valence-corrected chi connectivity index (χ2v) is 9.00. The summed E-state index contributed by atoms with van der Waals surface area (Å²) in [5.41, 5.74) is 7.00. The normalized spacial score (nSPS) is 15.9. The molecule has 12 nitrogen and oxygen atoms in total. The number of hydrogen-bond acceptors (Lipinski definition) is 7. The number of benzene rings is 1. The molecule has 0 bridgehead atoms. The number of aromatic amines is 1. The maximum absolute atomic E-state index is 13.7. The summed E-state index contributed by atoms with van der Waals surface area (Å²) < 4.78 is 4.27. The molecule has 0 spiro atoms. The Morgan fingerprint density at radius 3 is 2.81 bits per heavy atom. The molecule has 4 heterocycles. The lowest BCUT2D eigenvalue weighted by molar-refractivity contribution is -0.384. The highest BCUT2D eigenvalue weighted by atomic mass is 16.6. The highest BCUT2D eigenvalue weighted by Gasteiger charge is 2.26. The molecule has 5 rings (SSSR count). The van der Waals surface area contributed by atoms with Gasteiger partial charge in [-0.2, -0.15) is 4.98 Å². The lowest BCUT2D eigenvalue weighted by atomic mass is 10.1. The number of aryl methyl sites for hydroxylation is 1. The number of H-pyrrole nitrogens is 1. The summed E-state index contributed by atoms with van der Waals surface area (Å²) in [7, 11) is 1.59. The quantitative estimate of drug-likeness (QED) is 0.243. The van der Waals surface area contributed by atoms with E-state index in [2.05, 4.69) is 16.8 Å². The zero-order chi connectivity index (χ0) is 25.6. The third-order valence-corrected chi connectivity index (χ3v) is 6.57. The van der Waals surface area contributed by atoms with Crippen molar-refractivity contribution in [3.8, 4) is 11.8 Å². The summed E-state index contributed by atoms with van der Waals surface area (Å²) in [4.78, 5) is 47.5. The number of fused-ring (bicyclic) bond motifs is 2. The van der Waals surface area contributed by atoms with Gasteiger partial charge < -0.3 is 15.6 Å². The third-order valence-electron chi connectivity index (χ3n) is 6.57. The molecule has 1 fully saturated rings. The Labute approximate surface area is 205 Å². The number of hydrogen-bond donors (Lipinski definition) is 2. The summed E-state index contributed by atoms with van der Waals surface area (Å²) in [6.45, 7) is 3.30. The number of nitro groups is 1. The van der Waals surface area contributed by atoms with E-state index in [0.29, 0.717) is 40.3 Å². The molecular formula is C24H26N8O4. The van der Waals surface area contributed by atoms with E-state index in [1.807, 2.05) is 4.90 Å². The molecule has 0 aliphatic carbocycles. The molecule has 36 heavy (non-hydrogen) atoms. The number of non-ortho nitro benzene ring substituents is 1. The monoisotopic (exact) mass is 490 g/mol. The number of imidazole rings is 1. The molecule has 3 N–H and O–H groups in total. The molecule has 1 aromatic carbocycles. The zero-order valence-electron chi connectivity index (χ0n) is 20.0. The first-order chi connectivity index (χ1) is 17.3. The zero-order valence-corrected chi connectivity index (χ0v) is 20.0. The Hall–Kier alpha value is -4.37. The first-order valence-corrected chi connectivity index (χ1v) is 11.6. The van der Waals surface area contributed by atoms with Gasteiger partial charge in [0.1, 0.15) is 0 Å². The van der Waals surface area contributed by atoms with Gasteiger partial charge in [-0.05, 0) is 31.9 Å². The van der Waals surface area contributed by atoms with Crippen molar-refractivity contribution < 1.29 is 4.92 Å². The second-order valence-electron chi connectivity index (χ2n) is 9.00. The largest absolute Gasteiger partial charge is 0.357 e. The van der Waals surface area contributed by atoms with Crippen molar-refractivity contribution in [1.82, 2.24) is 23.7 Å². The van der Waals surface area contributed by atoms with Gasteiger partial charge in [-0.3, -0.25) is 28.6 Å². The Bertz CT molecular complexity index is 1680. The van der Waals surface area contributed by atoms with E-state index in [1.165, 1.54) is 16.7 Å². The number of aromatic nitrogens is 5. The van der Waals surface area contributed by atoms with Gasteiger partial charge in [0, 0.05) is 54.9 Å². The van der Waals surface area contributed by atoms with Gasteiger partial charge in [0.05, 0.1) is 18.0 Å². The fraction of sp³-hybridized carbons (Fsp3) is 0.375. The third kappa shape index (κ3) is 3.93. The van der Waals surface area contributed by atoms with E-state index in [-0.39, 0.29) is 24.8 Å². The number of rotatable bonds is 5. The highest BCUT2D eigenvalue weighted by Crippen LogP contribution is 2.24. The topological polar surface area (TPSA) is 150 Å². The molecule has 4 aromatic rings. The first-order valence-electron chi connectivity index (χ1n) is 11.6. The number of nitrogens with one attached hydrogen (secondary N) is 1. The number of piperidine rings is 1. The van der Waals surface area contributed by atoms with Crippen LogP contribution in [0.4, 0.5) is 11.6 Å². The molecule has 0 amide bonds. The van der Waals surface area contributed by atoms with Crippen LogP contribution in [0.5, 0.6) is 0 Å². The molecule has 1 unspecified atom stereocenters. The molecule has 1 saturated heterocycles. The van der Waals surface area contributed by atoms with Crippen LogP contribution in [0.3, 0.4) is 0 Å². The molecular weight excluding hydrogens is 464 g/mol. The molecule has 1 aliphatic rings. The van der Waals surface area contributed by atoms with Gasteiger partial charge in [-0.15, -0.1) is 5.92 Å². The van der Waals surface area contributed by atoms with E-state index >= 15 is 0 Å². The molecule has 1 atom stereocenters. The molecule has 186 valence electrons. The molecule has 0 radical (unpaired) electrons. The number of anilines is 1. The second kappa shape index (κ2) is 9.01. The van der Waals surface area contributed by atoms with Crippen LogP contribution in [0, 0.1) is 22.0 Å². The van der Waals surface area contributed by atoms with E-state index in [9.17, 15) is 19.7 Å². The van der Waals surface area contributed by atoms with E-state index in [1.54, 1.807) is 30.7 Å². The van der Waals surface area contributed by atoms with Crippen molar-refractivity contribution >= 4 is 33.7 Å². The van der Waals surface area contributed by atoms with Crippen LogP contribution < -0.4 is 21.9 Å². The average Bonchev–Trinajstić information content (AvgIpc) is 3.44.